The molecule has 1 N–H and O–H groups in total. The number of benzene rings is 3. The summed E-state index contributed by atoms with van der Waals surface area (Å²) in [5.74, 6) is 2.44. The van der Waals surface area contributed by atoms with E-state index in [9.17, 15) is 0 Å². The molecule has 3 aromatic carbocycles. The molecule has 0 saturated heterocycles. The predicted molar refractivity (Wildman–Crippen MR) is 105 cm³/mol. The number of methoxy groups -OCH3 is 3. The highest BCUT2D eigenvalue weighted by Crippen LogP contribution is 2.29. The predicted octanol–water partition coefficient (Wildman–Crippen LogP) is 1.20. The topological polar surface area (TPSA) is 39.7 Å². The lowest BCUT2D eigenvalue weighted by atomic mass is 10.0. The van der Waals surface area contributed by atoms with Crippen molar-refractivity contribution in [3.05, 3.63) is 65.7 Å². The second-order valence-corrected chi connectivity index (χ2v) is 6.08. The number of ether oxygens (including phenoxy) is 3. The van der Waals surface area contributed by atoms with Gasteiger partial charge >= 0.3 is 0 Å². The van der Waals surface area contributed by atoms with Gasteiger partial charge in [-0.15, -0.1) is 0 Å². The Morgan fingerprint density at radius 1 is 0.778 bits per heavy atom. The summed E-state index contributed by atoms with van der Waals surface area (Å²) in [4.78, 5) is 0. The van der Waals surface area contributed by atoms with Gasteiger partial charge in [0.15, 0.2) is 11.5 Å². The SMILES string of the molecule is COc1ccc(CCNCc2c(OC)ccc3ccccc23)cc1OC.[Cl-]. The Balaban J connectivity index is 0.00000261. The molecule has 0 heterocycles. The van der Waals surface area contributed by atoms with Gasteiger partial charge in [0.05, 0.1) is 21.3 Å². The van der Waals surface area contributed by atoms with E-state index in [4.69, 9.17) is 14.2 Å². The number of hydrogen-bond donors (Lipinski definition) is 1. The lowest BCUT2D eigenvalue weighted by molar-refractivity contribution is -0.00000607. The van der Waals surface area contributed by atoms with Gasteiger partial charge in [-0.25, -0.2) is 0 Å². The quantitative estimate of drug-likeness (QED) is 0.591. The lowest BCUT2D eigenvalue weighted by Crippen LogP contribution is -3.00. The highest BCUT2D eigenvalue weighted by molar-refractivity contribution is 5.87. The molecule has 0 saturated carbocycles. The minimum atomic E-state index is 0. The van der Waals surface area contributed by atoms with Crippen molar-refractivity contribution in [3.8, 4) is 17.2 Å². The Hall–Kier alpha value is -2.43. The van der Waals surface area contributed by atoms with E-state index in [1.807, 2.05) is 18.2 Å². The van der Waals surface area contributed by atoms with Crippen LogP contribution in [0.5, 0.6) is 17.2 Å². The van der Waals surface area contributed by atoms with Crippen molar-refractivity contribution in [1.82, 2.24) is 5.32 Å². The van der Waals surface area contributed by atoms with Gasteiger partial charge in [0.2, 0.25) is 0 Å². The van der Waals surface area contributed by atoms with Crippen LogP contribution >= 0.6 is 0 Å². The standard InChI is InChI=1S/C22H25NO3.ClH/c1-24-20-11-9-17-6-4-5-7-18(17)19(20)15-23-13-12-16-8-10-21(25-2)22(14-16)26-3;/h4-11,14,23H,12-13,15H2,1-3H3;1H/p-1. The van der Waals surface area contributed by atoms with Crippen LogP contribution in [0, 0.1) is 0 Å². The zero-order valence-corrected chi connectivity index (χ0v) is 16.7. The van der Waals surface area contributed by atoms with Gasteiger partial charge in [-0.3, -0.25) is 0 Å². The Morgan fingerprint density at radius 3 is 2.22 bits per heavy atom. The maximum Gasteiger partial charge on any atom is 0.160 e. The van der Waals surface area contributed by atoms with Gasteiger partial charge in [0.25, 0.3) is 0 Å². The first kappa shape index (κ1) is 20.9. The molecule has 0 aliphatic rings. The van der Waals surface area contributed by atoms with Crippen LogP contribution in [0.4, 0.5) is 0 Å². The van der Waals surface area contributed by atoms with Crippen LogP contribution in [-0.2, 0) is 13.0 Å². The molecule has 0 aliphatic carbocycles. The summed E-state index contributed by atoms with van der Waals surface area (Å²) in [6.45, 7) is 1.62. The van der Waals surface area contributed by atoms with Crippen LogP contribution in [0.25, 0.3) is 10.8 Å². The molecule has 0 spiro atoms. The minimum Gasteiger partial charge on any atom is -1.00 e. The van der Waals surface area contributed by atoms with Crippen molar-refractivity contribution in [1.29, 1.82) is 0 Å². The number of nitrogens with one attached hydrogen (secondary N) is 1. The lowest BCUT2D eigenvalue weighted by Gasteiger charge is -2.13. The molecule has 0 amide bonds. The first-order valence-corrected chi connectivity index (χ1v) is 8.73. The summed E-state index contributed by atoms with van der Waals surface area (Å²) >= 11 is 0. The van der Waals surface area contributed by atoms with Crippen LogP contribution in [0.3, 0.4) is 0 Å². The zero-order valence-electron chi connectivity index (χ0n) is 15.9. The fourth-order valence-electron chi connectivity index (χ4n) is 3.17. The highest BCUT2D eigenvalue weighted by Gasteiger charge is 2.08. The fraction of sp³-hybridized carbons (Fsp3) is 0.273. The van der Waals surface area contributed by atoms with E-state index < -0.39 is 0 Å². The monoisotopic (exact) mass is 386 g/mol. The number of rotatable bonds is 8. The smallest absolute Gasteiger partial charge is 0.160 e. The van der Waals surface area contributed by atoms with E-state index >= 15 is 0 Å². The molecule has 0 unspecified atom stereocenters. The van der Waals surface area contributed by atoms with Crippen molar-refractivity contribution in [2.24, 2.45) is 0 Å². The average molecular weight is 387 g/mol. The van der Waals surface area contributed by atoms with Gasteiger partial charge in [-0.05, 0) is 47.5 Å². The Labute approximate surface area is 166 Å². The second-order valence-electron chi connectivity index (χ2n) is 6.08. The van der Waals surface area contributed by atoms with E-state index in [0.717, 1.165) is 36.8 Å². The summed E-state index contributed by atoms with van der Waals surface area (Å²) < 4.78 is 16.2. The summed E-state index contributed by atoms with van der Waals surface area (Å²) in [6.07, 6.45) is 0.910. The maximum atomic E-state index is 5.55. The van der Waals surface area contributed by atoms with Gasteiger partial charge in [-0.1, -0.05) is 36.4 Å². The average Bonchev–Trinajstić information content (AvgIpc) is 2.70. The van der Waals surface area contributed by atoms with Gasteiger partial charge < -0.3 is 31.9 Å². The summed E-state index contributed by atoms with van der Waals surface area (Å²) in [5.41, 5.74) is 2.40. The third kappa shape index (κ3) is 4.85. The molecule has 0 atom stereocenters. The minimum absolute atomic E-state index is 0. The molecule has 27 heavy (non-hydrogen) atoms. The van der Waals surface area contributed by atoms with E-state index in [1.54, 1.807) is 21.3 Å². The van der Waals surface area contributed by atoms with Crippen molar-refractivity contribution >= 4 is 10.8 Å². The third-order valence-corrected chi connectivity index (χ3v) is 4.56. The van der Waals surface area contributed by atoms with E-state index in [1.165, 1.54) is 21.9 Å². The zero-order chi connectivity index (χ0) is 18.4. The number of halogens is 1. The fourth-order valence-corrected chi connectivity index (χ4v) is 3.17. The molecular formula is C22H25ClNO3-. The van der Waals surface area contributed by atoms with Gasteiger partial charge in [0.1, 0.15) is 5.75 Å². The highest BCUT2D eigenvalue weighted by atomic mass is 35.5. The molecule has 144 valence electrons. The van der Waals surface area contributed by atoms with Crippen LogP contribution in [-0.4, -0.2) is 27.9 Å². The molecule has 3 aromatic rings. The van der Waals surface area contributed by atoms with Gasteiger partial charge in [-0.2, -0.15) is 0 Å². The molecule has 0 aromatic heterocycles. The Morgan fingerprint density at radius 2 is 1.48 bits per heavy atom. The van der Waals surface area contributed by atoms with Crippen molar-refractivity contribution in [3.63, 3.8) is 0 Å². The van der Waals surface area contributed by atoms with Crippen molar-refractivity contribution in [2.75, 3.05) is 27.9 Å². The van der Waals surface area contributed by atoms with Crippen LogP contribution < -0.4 is 31.9 Å². The van der Waals surface area contributed by atoms with E-state index in [0.29, 0.717) is 0 Å². The first-order chi connectivity index (χ1) is 12.8. The normalized spacial score (nSPS) is 10.3. The summed E-state index contributed by atoms with van der Waals surface area (Å²) in [5, 5.41) is 5.99. The first-order valence-electron chi connectivity index (χ1n) is 8.73. The van der Waals surface area contributed by atoms with Crippen molar-refractivity contribution < 1.29 is 26.6 Å². The summed E-state index contributed by atoms with van der Waals surface area (Å²) in [6, 6.07) is 18.6. The molecule has 3 rings (SSSR count). The Kier molecular flexibility index (Phi) is 7.77. The Bertz CT molecular complexity index is 883. The molecule has 0 radical (unpaired) electrons. The number of hydrogen-bond acceptors (Lipinski definition) is 4. The van der Waals surface area contributed by atoms with Gasteiger partial charge in [0, 0.05) is 12.1 Å². The number of fused-ring (bicyclic) bond motifs is 1. The molecule has 0 aliphatic heterocycles. The second kappa shape index (κ2) is 10.0. The molecule has 4 nitrogen and oxygen atoms in total. The van der Waals surface area contributed by atoms with Crippen LogP contribution in [0.2, 0.25) is 0 Å². The summed E-state index contributed by atoms with van der Waals surface area (Å²) in [7, 11) is 5.03. The molecule has 0 fully saturated rings. The molecule has 0 bridgehead atoms. The molecular weight excluding hydrogens is 362 g/mol. The van der Waals surface area contributed by atoms with Crippen LogP contribution in [0.15, 0.2) is 54.6 Å². The van der Waals surface area contributed by atoms with E-state index in [-0.39, 0.29) is 12.4 Å². The third-order valence-electron chi connectivity index (χ3n) is 4.56. The maximum absolute atomic E-state index is 5.55. The molecule has 5 heteroatoms. The van der Waals surface area contributed by atoms with E-state index in [2.05, 4.69) is 41.7 Å². The van der Waals surface area contributed by atoms with Crippen molar-refractivity contribution in [2.45, 2.75) is 13.0 Å². The van der Waals surface area contributed by atoms with Crippen LogP contribution in [0.1, 0.15) is 11.1 Å². The largest absolute Gasteiger partial charge is 1.00 e.